The third-order valence-electron chi connectivity index (χ3n) is 1.43. The number of esters is 1. The number of methoxy groups -OCH3 is 1. The zero-order valence-electron chi connectivity index (χ0n) is 7.42. The van der Waals surface area contributed by atoms with Gasteiger partial charge in [-0.15, -0.1) is 0 Å². The Balaban J connectivity index is 3.29. The van der Waals surface area contributed by atoms with Crippen LogP contribution in [0.2, 0.25) is 0 Å². The topological polar surface area (TPSA) is 56.5 Å². The molecule has 0 aliphatic rings. The Morgan fingerprint density at radius 3 is 2.47 bits per heavy atom. The van der Waals surface area contributed by atoms with Crippen LogP contribution < -0.4 is 5.43 Å². The molecule has 1 heterocycles. The van der Waals surface area contributed by atoms with E-state index >= 15 is 0 Å². The molecule has 7 heteroatoms. The third kappa shape index (κ3) is 2.58. The fourth-order valence-electron chi connectivity index (χ4n) is 0.818. The summed E-state index contributed by atoms with van der Waals surface area (Å²) in [6.07, 6.45) is -4.82. The van der Waals surface area contributed by atoms with Crippen LogP contribution in [0.1, 0.15) is 16.3 Å². The SMILES string of the molecule is COC(=O)c1cc(=O)cc(C(F)(F)F)o1. The summed E-state index contributed by atoms with van der Waals surface area (Å²) in [5.41, 5.74) is -0.978. The molecule has 0 N–H and O–H groups in total. The van der Waals surface area contributed by atoms with Gasteiger partial charge in [0.25, 0.3) is 0 Å². The van der Waals surface area contributed by atoms with Gasteiger partial charge in [0.1, 0.15) is 0 Å². The smallest absolute Gasteiger partial charge is 0.449 e. The van der Waals surface area contributed by atoms with Crippen molar-refractivity contribution in [2.45, 2.75) is 6.18 Å². The second-order valence-corrected chi connectivity index (χ2v) is 2.51. The summed E-state index contributed by atoms with van der Waals surface area (Å²) in [6.45, 7) is 0. The van der Waals surface area contributed by atoms with Crippen LogP contribution in [0, 0.1) is 0 Å². The Bertz CT molecular complexity index is 432. The normalized spacial score (nSPS) is 11.2. The van der Waals surface area contributed by atoms with Crippen LogP contribution in [0.4, 0.5) is 13.2 Å². The van der Waals surface area contributed by atoms with Crippen molar-refractivity contribution in [1.82, 2.24) is 0 Å². The molecule has 0 saturated carbocycles. The number of ether oxygens (including phenoxy) is 1. The second kappa shape index (κ2) is 3.76. The van der Waals surface area contributed by atoms with E-state index in [0.717, 1.165) is 7.11 Å². The zero-order valence-corrected chi connectivity index (χ0v) is 7.42. The van der Waals surface area contributed by atoms with Crippen molar-refractivity contribution in [2.75, 3.05) is 7.11 Å². The predicted molar refractivity (Wildman–Crippen MR) is 41.3 cm³/mol. The number of alkyl halides is 3. The maximum absolute atomic E-state index is 12.1. The van der Waals surface area contributed by atoms with Crippen molar-refractivity contribution >= 4 is 5.97 Å². The van der Waals surface area contributed by atoms with Gasteiger partial charge < -0.3 is 9.15 Å². The van der Waals surface area contributed by atoms with Gasteiger partial charge in [0.2, 0.25) is 11.5 Å². The van der Waals surface area contributed by atoms with E-state index in [4.69, 9.17) is 0 Å². The first kappa shape index (κ1) is 11.3. The molecule has 1 aromatic heterocycles. The summed E-state index contributed by atoms with van der Waals surface area (Å²) in [6, 6.07) is 0.882. The molecule has 1 aromatic rings. The molecule has 0 aromatic carbocycles. The van der Waals surface area contributed by atoms with E-state index in [0.29, 0.717) is 6.07 Å². The van der Waals surface area contributed by atoms with Crippen molar-refractivity contribution in [3.8, 4) is 0 Å². The van der Waals surface area contributed by atoms with Crippen molar-refractivity contribution in [1.29, 1.82) is 0 Å². The van der Waals surface area contributed by atoms with Crippen molar-refractivity contribution in [3.63, 3.8) is 0 Å². The molecule has 1 rings (SSSR count). The first-order valence-electron chi connectivity index (χ1n) is 3.65. The highest BCUT2D eigenvalue weighted by Gasteiger charge is 2.35. The summed E-state index contributed by atoms with van der Waals surface area (Å²) in [4.78, 5) is 21.6. The van der Waals surface area contributed by atoms with Gasteiger partial charge >= 0.3 is 12.1 Å². The van der Waals surface area contributed by atoms with E-state index in [-0.39, 0.29) is 6.07 Å². The Morgan fingerprint density at radius 1 is 1.40 bits per heavy atom. The molecule has 4 nitrogen and oxygen atoms in total. The molecule has 0 bridgehead atoms. The number of halogens is 3. The lowest BCUT2D eigenvalue weighted by Crippen LogP contribution is -2.14. The van der Waals surface area contributed by atoms with Crippen molar-refractivity contribution < 1.29 is 27.1 Å². The molecule has 0 spiro atoms. The van der Waals surface area contributed by atoms with E-state index < -0.39 is 29.1 Å². The second-order valence-electron chi connectivity index (χ2n) is 2.51. The summed E-state index contributed by atoms with van der Waals surface area (Å²) < 4.78 is 44.7. The average Bonchev–Trinajstić information content (AvgIpc) is 2.14. The van der Waals surface area contributed by atoms with E-state index in [1.165, 1.54) is 0 Å². The highest BCUT2D eigenvalue weighted by molar-refractivity contribution is 5.85. The van der Waals surface area contributed by atoms with Gasteiger partial charge in [-0.25, -0.2) is 4.79 Å². The Kier molecular flexibility index (Phi) is 2.83. The van der Waals surface area contributed by atoms with Gasteiger partial charge in [0, 0.05) is 12.1 Å². The number of rotatable bonds is 1. The minimum Gasteiger partial charge on any atom is -0.463 e. The van der Waals surface area contributed by atoms with Crippen LogP contribution in [0.5, 0.6) is 0 Å². The largest absolute Gasteiger partial charge is 0.463 e. The lowest BCUT2D eigenvalue weighted by Gasteiger charge is -2.05. The molecule has 0 unspecified atom stereocenters. The minimum atomic E-state index is -4.82. The van der Waals surface area contributed by atoms with Crippen molar-refractivity contribution in [2.24, 2.45) is 0 Å². The molecule has 0 fully saturated rings. The molecule has 0 amide bonds. The number of carbonyl (C=O) groups is 1. The van der Waals surface area contributed by atoms with E-state index in [1.54, 1.807) is 0 Å². The maximum atomic E-state index is 12.1. The van der Waals surface area contributed by atoms with Gasteiger partial charge in [-0.2, -0.15) is 13.2 Å². The number of hydrogen-bond donors (Lipinski definition) is 0. The predicted octanol–water partition coefficient (Wildman–Crippen LogP) is 1.45. The molecule has 0 aliphatic heterocycles. The van der Waals surface area contributed by atoms with E-state index in [1.807, 2.05) is 0 Å². The lowest BCUT2D eigenvalue weighted by molar-refractivity contribution is -0.154. The van der Waals surface area contributed by atoms with Gasteiger partial charge in [-0.1, -0.05) is 0 Å². The fraction of sp³-hybridized carbons (Fsp3) is 0.250. The standard InChI is InChI=1S/C8H5F3O4/c1-14-7(13)5-2-4(12)3-6(15-5)8(9,10)11/h2-3H,1H3. The zero-order chi connectivity index (χ0) is 11.6. The summed E-state index contributed by atoms with van der Waals surface area (Å²) in [7, 11) is 0.961. The quantitative estimate of drug-likeness (QED) is 0.674. The van der Waals surface area contributed by atoms with Crippen molar-refractivity contribution in [3.05, 3.63) is 33.9 Å². The highest BCUT2D eigenvalue weighted by Crippen LogP contribution is 2.28. The molecule has 15 heavy (non-hydrogen) atoms. The first-order valence-corrected chi connectivity index (χ1v) is 3.65. The maximum Gasteiger partial charge on any atom is 0.449 e. The number of carbonyl (C=O) groups excluding carboxylic acids is 1. The molecule has 0 aliphatic carbocycles. The van der Waals surface area contributed by atoms with Crippen LogP contribution in [-0.2, 0) is 10.9 Å². The lowest BCUT2D eigenvalue weighted by atomic mass is 10.3. The molecule has 0 radical (unpaired) electrons. The van der Waals surface area contributed by atoms with E-state index in [2.05, 4.69) is 9.15 Å². The highest BCUT2D eigenvalue weighted by atomic mass is 19.4. The van der Waals surface area contributed by atoms with Gasteiger partial charge in [-0.05, 0) is 0 Å². The monoisotopic (exact) mass is 222 g/mol. The first-order chi connectivity index (χ1) is 6.84. The summed E-state index contributed by atoms with van der Waals surface area (Å²) in [5.74, 6) is -3.45. The van der Waals surface area contributed by atoms with Gasteiger partial charge in [-0.3, -0.25) is 4.79 Å². The van der Waals surface area contributed by atoms with Crippen LogP contribution in [0.25, 0.3) is 0 Å². The fourth-order valence-corrected chi connectivity index (χ4v) is 0.818. The molecule has 0 saturated heterocycles. The van der Waals surface area contributed by atoms with Crippen LogP contribution in [-0.4, -0.2) is 13.1 Å². The molecular weight excluding hydrogens is 217 g/mol. The van der Waals surface area contributed by atoms with Gasteiger partial charge in [0.15, 0.2) is 5.43 Å². The molecule has 0 atom stereocenters. The van der Waals surface area contributed by atoms with Crippen LogP contribution in [0.15, 0.2) is 21.3 Å². The summed E-state index contributed by atoms with van der Waals surface area (Å²) >= 11 is 0. The average molecular weight is 222 g/mol. The molecule has 82 valence electrons. The van der Waals surface area contributed by atoms with Crippen LogP contribution >= 0.6 is 0 Å². The number of hydrogen-bond acceptors (Lipinski definition) is 4. The third-order valence-corrected chi connectivity index (χ3v) is 1.43. The van der Waals surface area contributed by atoms with Gasteiger partial charge in [0.05, 0.1) is 7.11 Å². The Labute approximate surface area is 81.3 Å². The Morgan fingerprint density at radius 2 is 2.00 bits per heavy atom. The Hall–Kier alpha value is -1.79. The van der Waals surface area contributed by atoms with Crippen LogP contribution in [0.3, 0.4) is 0 Å². The summed E-state index contributed by atoms with van der Waals surface area (Å²) in [5, 5.41) is 0. The molecular formula is C8H5F3O4. The minimum absolute atomic E-state index is 0.256. The van der Waals surface area contributed by atoms with E-state index in [9.17, 15) is 22.8 Å².